The molecule has 5 nitrogen and oxygen atoms in total. The van der Waals surface area contributed by atoms with Gasteiger partial charge in [-0.15, -0.1) is 0 Å². The zero-order valence-corrected chi connectivity index (χ0v) is 16.0. The first-order chi connectivity index (χ1) is 13.1. The van der Waals surface area contributed by atoms with Gasteiger partial charge in [-0.3, -0.25) is 4.79 Å². The Balaban J connectivity index is 1.58. The van der Waals surface area contributed by atoms with Crippen molar-refractivity contribution in [3.05, 3.63) is 52.5 Å². The molecule has 138 valence electrons. The Morgan fingerprint density at radius 1 is 1.00 bits per heavy atom. The maximum atomic E-state index is 11.7. The summed E-state index contributed by atoms with van der Waals surface area (Å²) in [7, 11) is 0. The maximum Gasteiger partial charge on any atom is 0.223 e. The summed E-state index contributed by atoms with van der Waals surface area (Å²) in [5, 5.41) is 8.41. The molecule has 0 atom stereocenters. The second-order valence-electron chi connectivity index (χ2n) is 6.56. The molecule has 1 saturated carbocycles. The van der Waals surface area contributed by atoms with Crippen molar-refractivity contribution in [3.8, 4) is 11.4 Å². The minimum atomic E-state index is 0.137. The number of anilines is 1. The van der Waals surface area contributed by atoms with Crippen molar-refractivity contribution in [2.24, 2.45) is 5.92 Å². The van der Waals surface area contributed by atoms with Crippen LogP contribution in [0.1, 0.15) is 12.8 Å². The van der Waals surface area contributed by atoms with Crippen LogP contribution in [0, 0.1) is 5.92 Å². The van der Waals surface area contributed by atoms with Crippen LogP contribution in [0.4, 0.5) is 5.82 Å². The molecule has 0 spiro atoms. The van der Waals surface area contributed by atoms with E-state index in [2.05, 4.69) is 20.6 Å². The Morgan fingerprint density at radius 2 is 1.74 bits per heavy atom. The maximum absolute atomic E-state index is 11.7. The molecule has 0 saturated heterocycles. The average molecular weight is 401 g/mol. The molecule has 0 unspecified atom stereocenters. The lowest BCUT2D eigenvalue weighted by molar-refractivity contribution is -0.122. The molecule has 0 bridgehead atoms. The van der Waals surface area contributed by atoms with Crippen LogP contribution in [0.2, 0.25) is 10.0 Å². The number of hydrogen-bond donors (Lipinski definition) is 2. The Labute approximate surface area is 167 Å². The summed E-state index contributed by atoms with van der Waals surface area (Å²) in [4.78, 5) is 21.1. The monoisotopic (exact) mass is 400 g/mol. The van der Waals surface area contributed by atoms with Gasteiger partial charge in [0.25, 0.3) is 0 Å². The van der Waals surface area contributed by atoms with Crippen LogP contribution < -0.4 is 10.6 Å². The molecule has 1 aromatic heterocycles. The Bertz CT molecular complexity index is 987. The Hall–Kier alpha value is -2.37. The number of halogens is 2. The normalized spacial score (nSPS) is 13.6. The molecule has 1 aliphatic rings. The minimum Gasteiger partial charge on any atom is -0.368 e. The fourth-order valence-electron chi connectivity index (χ4n) is 2.82. The van der Waals surface area contributed by atoms with Gasteiger partial charge in [-0.1, -0.05) is 23.2 Å². The van der Waals surface area contributed by atoms with Crippen LogP contribution in [-0.4, -0.2) is 29.0 Å². The fourth-order valence-corrected chi connectivity index (χ4v) is 3.11. The van der Waals surface area contributed by atoms with Crippen molar-refractivity contribution in [1.82, 2.24) is 15.3 Å². The van der Waals surface area contributed by atoms with Crippen molar-refractivity contribution in [3.63, 3.8) is 0 Å². The summed E-state index contributed by atoms with van der Waals surface area (Å²) >= 11 is 12.1. The predicted molar refractivity (Wildman–Crippen MR) is 109 cm³/mol. The molecule has 27 heavy (non-hydrogen) atoms. The Morgan fingerprint density at radius 3 is 2.48 bits per heavy atom. The standard InChI is InChI=1S/C20H18Cl2N4O/c21-14-5-3-12(4-6-14)18-25-17-11-15(22)7-8-16(17)19(26-18)23-9-10-24-20(27)13-1-2-13/h3-8,11,13H,1-2,9-10H2,(H,24,27)(H,23,25,26). The minimum absolute atomic E-state index is 0.137. The molecule has 0 radical (unpaired) electrons. The van der Waals surface area contributed by atoms with Gasteiger partial charge in [-0.2, -0.15) is 0 Å². The van der Waals surface area contributed by atoms with Crippen LogP contribution in [0.5, 0.6) is 0 Å². The molecule has 1 fully saturated rings. The van der Waals surface area contributed by atoms with Gasteiger partial charge in [-0.25, -0.2) is 9.97 Å². The topological polar surface area (TPSA) is 66.9 Å². The van der Waals surface area contributed by atoms with E-state index in [1.165, 1.54) is 0 Å². The van der Waals surface area contributed by atoms with Crippen LogP contribution in [0.25, 0.3) is 22.3 Å². The quantitative estimate of drug-likeness (QED) is 0.595. The summed E-state index contributed by atoms with van der Waals surface area (Å²) < 4.78 is 0. The highest BCUT2D eigenvalue weighted by atomic mass is 35.5. The first kappa shape index (κ1) is 18.0. The van der Waals surface area contributed by atoms with Gasteiger partial charge < -0.3 is 10.6 Å². The van der Waals surface area contributed by atoms with Crippen LogP contribution >= 0.6 is 23.2 Å². The van der Waals surface area contributed by atoms with E-state index in [0.29, 0.717) is 34.8 Å². The first-order valence-electron chi connectivity index (χ1n) is 8.85. The van der Waals surface area contributed by atoms with E-state index in [0.717, 1.165) is 29.3 Å². The molecule has 0 aliphatic heterocycles. The molecule has 1 amide bonds. The lowest BCUT2D eigenvalue weighted by Gasteiger charge is -2.12. The van der Waals surface area contributed by atoms with Crippen molar-refractivity contribution < 1.29 is 4.79 Å². The molecule has 2 aromatic carbocycles. The number of nitrogens with zero attached hydrogens (tertiary/aromatic N) is 2. The van der Waals surface area contributed by atoms with Crippen LogP contribution in [0.3, 0.4) is 0 Å². The summed E-state index contributed by atoms with van der Waals surface area (Å²) in [6.07, 6.45) is 2.00. The lowest BCUT2D eigenvalue weighted by atomic mass is 10.2. The van der Waals surface area contributed by atoms with Crippen molar-refractivity contribution in [1.29, 1.82) is 0 Å². The Kier molecular flexibility index (Phi) is 5.14. The molecular formula is C20H18Cl2N4O. The molecule has 4 rings (SSSR count). The smallest absolute Gasteiger partial charge is 0.223 e. The highest BCUT2D eigenvalue weighted by molar-refractivity contribution is 6.31. The SMILES string of the molecule is O=C(NCCNc1nc(-c2ccc(Cl)cc2)nc2cc(Cl)ccc12)C1CC1. The molecule has 3 aromatic rings. The van der Waals surface area contributed by atoms with Gasteiger partial charge >= 0.3 is 0 Å². The number of rotatable bonds is 6. The van der Waals surface area contributed by atoms with Crippen LogP contribution in [0.15, 0.2) is 42.5 Å². The van der Waals surface area contributed by atoms with Gasteiger partial charge in [0.15, 0.2) is 5.82 Å². The van der Waals surface area contributed by atoms with E-state index in [-0.39, 0.29) is 11.8 Å². The molecule has 7 heteroatoms. The third-order valence-electron chi connectivity index (χ3n) is 4.43. The largest absolute Gasteiger partial charge is 0.368 e. The number of carbonyl (C=O) groups excluding carboxylic acids is 1. The van der Waals surface area contributed by atoms with E-state index in [1.54, 1.807) is 0 Å². The van der Waals surface area contributed by atoms with E-state index >= 15 is 0 Å². The van der Waals surface area contributed by atoms with Gasteiger partial charge in [0.2, 0.25) is 5.91 Å². The summed E-state index contributed by atoms with van der Waals surface area (Å²) in [6, 6.07) is 12.9. The molecule has 1 aliphatic carbocycles. The number of hydrogen-bond acceptors (Lipinski definition) is 4. The zero-order chi connectivity index (χ0) is 18.8. The average Bonchev–Trinajstić information content (AvgIpc) is 3.50. The third kappa shape index (κ3) is 4.31. The second-order valence-corrected chi connectivity index (χ2v) is 7.43. The number of carbonyl (C=O) groups is 1. The summed E-state index contributed by atoms with van der Waals surface area (Å²) in [5.41, 5.74) is 1.62. The van der Waals surface area contributed by atoms with Gasteiger partial charge in [0.1, 0.15) is 5.82 Å². The highest BCUT2D eigenvalue weighted by Gasteiger charge is 2.28. The predicted octanol–water partition coefficient (Wildman–Crippen LogP) is 4.54. The number of benzene rings is 2. The summed E-state index contributed by atoms with van der Waals surface area (Å²) in [6.45, 7) is 1.12. The second kappa shape index (κ2) is 7.71. The molecular weight excluding hydrogens is 383 g/mol. The van der Waals surface area contributed by atoms with Gasteiger partial charge in [0.05, 0.1) is 5.52 Å². The highest BCUT2D eigenvalue weighted by Crippen LogP contribution is 2.29. The van der Waals surface area contributed by atoms with E-state index in [9.17, 15) is 4.79 Å². The van der Waals surface area contributed by atoms with Gasteiger partial charge in [0, 0.05) is 40.0 Å². The van der Waals surface area contributed by atoms with E-state index in [4.69, 9.17) is 23.2 Å². The third-order valence-corrected chi connectivity index (χ3v) is 4.91. The summed E-state index contributed by atoms with van der Waals surface area (Å²) in [5.74, 6) is 1.65. The number of aromatic nitrogens is 2. The van der Waals surface area contributed by atoms with Crippen molar-refractivity contribution in [2.45, 2.75) is 12.8 Å². The number of nitrogens with one attached hydrogen (secondary N) is 2. The number of fused-ring (bicyclic) bond motifs is 1. The lowest BCUT2D eigenvalue weighted by Crippen LogP contribution is -2.30. The van der Waals surface area contributed by atoms with E-state index in [1.807, 2.05) is 42.5 Å². The van der Waals surface area contributed by atoms with Crippen molar-refractivity contribution in [2.75, 3.05) is 18.4 Å². The zero-order valence-electron chi connectivity index (χ0n) is 14.5. The first-order valence-corrected chi connectivity index (χ1v) is 9.60. The van der Waals surface area contributed by atoms with Crippen LogP contribution in [-0.2, 0) is 4.79 Å². The number of amides is 1. The van der Waals surface area contributed by atoms with Gasteiger partial charge in [-0.05, 0) is 55.3 Å². The van der Waals surface area contributed by atoms with E-state index < -0.39 is 0 Å². The molecule has 1 heterocycles. The molecule has 2 N–H and O–H groups in total. The van der Waals surface area contributed by atoms with Crippen molar-refractivity contribution >= 4 is 45.8 Å². The fraction of sp³-hybridized carbons (Fsp3) is 0.250.